The van der Waals surface area contributed by atoms with Crippen LogP contribution in [0.1, 0.15) is 23.2 Å². The highest BCUT2D eigenvalue weighted by atomic mass is 35.5. The SMILES string of the molecule is COc1cc(NC(=O)c2cc(N3CCCCS3)ccc2Cl)cc(OC)c1OC. The molecule has 0 radical (unpaired) electrons. The van der Waals surface area contributed by atoms with E-state index in [1.165, 1.54) is 27.8 Å². The fourth-order valence-corrected chi connectivity index (χ4v) is 4.27. The molecule has 2 aromatic rings. The summed E-state index contributed by atoms with van der Waals surface area (Å²) in [6.07, 6.45) is 2.35. The number of benzene rings is 2. The predicted molar refractivity (Wildman–Crippen MR) is 115 cm³/mol. The minimum Gasteiger partial charge on any atom is -0.493 e. The zero-order valence-corrected chi connectivity index (χ0v) is 17.7. The van der Waals surface area contributed by atoms with E-state index in [2.05, 4.69) is 9.62 Å². The van der Waals surface area contributed by atoms with Crippen molar-refractivity contribution in [2.24, 2.45) is 0 Å². The molecule has 150 valence electrons. The van der Waals surface area contributed by atoms with E-state index in [1.807, 2.05) is 12.1 Å². The summed E-state index contributed by atoms with van der Waals surface area (Å²) in [5.74, 6) is 2.16. The molecule has 1 N–H and O–H groups in total. The number of nitrogens with one attached hydrogen (secondary N) is 1. The summed E-state index contributed by atoms with van der Waals surface area (Å²) < 4.78 is 18.2. The molecule has 0 unspecified atom stereocenters. The Morgan fingerprint density at radius 1 is 1.07 bits per heavy atom. The standard InChI is InChI=1S/C20H23ClN2O4S/c1-25-17-10-13(11-18(26-2)19(17)27-3)22-20(24)15-12-14(6-7-16(15)21)23-8-4-5-9-28-23/h6-7,10-12H,4-5,8-9H2,1-3H3,(H,22,24). The number of ether oxygens (including phenoxy) is 3. The van der Waals surface area contributed by atoms with Crippen molar-refractivity contribution in [1.29, 1.82) is 0 Å². The Balaban J connectivity index is 1.86. The third-order valence-electron chi connectivity index (χ3n) is 4.41. The maximum atomic E-state index is 12.9. The predicted octanol–water partition coefficient (Wildman–Crippen LogP) is 4.87. The Kier molecular flexibility index (Phi) is 6.80. The van der Waals surface area contributed by atoms with Crippen LogP contribution in [0.25, 0.3) is 0 Å². The average molecular weight is 423 g/mol. The van der Waals surface area contributed by atoms with Gasteiger partial charge in [-0.2, -0.15) is 0 Å². The minimum absolute atomic E-state index is 0.303. The Bertz CT molecular complexity index is 831. The van der Waals surface area contributed by atoms with Gasteiger partial charge < -0.3 is 23.8 Å². The van der Waals surface area contributed by atoms with Gasteiger partial charge >= 0.3 is 0 Å². The van der Waals surface area contributed by atoms with Crippen molar-refractivity contribution >= 4 is 40.8 Å². The first kappa shape index (κ1) is 20.5. The highest BCUT2D eigenvalue weighted by Crippen LogP contribution is 2.40. The lowest BCUT2D eigenvalue weighted by Gasteiger charge is -2.27. The Labute approximate surface area is 174 Å². The number of halogens is 1. The van der Waals surface area contributed by atoms with Crippen molar-refractivity contribution in [2.75, 3.05) is 43.2 Å². The van der Waals surface area contributed by atoms with E-state index < -0.39 is 0 Å². The van der Waals surface area contributed by atoms with Crippen LogP contribution in [0.15, 0.2) is 30.3 Å². The van der Waals surface area contributed by atoms with Crippen LogP contribution in [-0.4, -0.2) is 39.5 Å². The van der Waals surface area contributed by atoms with Gasteiger partial charge in [0.05, 0.1) is 31.9 Å². The van der Waals surface area contributed by atoms with Crippen LogP contribution in [0.5, 0.6) is 17.2 Å². The molecule has 28 heavy (non-hydrogen) atoms. The van der Waals surface area contributed by atoms with Gasteiger partial charge in [0, 0.05) is 35.8 Å². The van der Waals surface area contributed by atoms with E-state index in [9.17, 15) is 4.79 Å². The van der Waals surface area contributed by atoms with E-state index >= 15 is 0 Å². The van der Waals surface area contributed by atoms with Gasteiger partial charge in [0.25, 0.3) is 5.91 Å². The molecule has 1 aliphatic rings. The molecule has 0 saturated carbocycles. The van der Waals surface area contributed by atoms with Crippen LogP contribution >= 0.6 is 23.5 Å². The normalized spacial score (nSPS) is 13.8. The zero-order valence-electron chi connectivity index (χ0n) is 16.1. The first-order chi connectivity index (χ1) is 13.6. The molecule has 1 amide bonds. The number of carbonyl (C=O) groups is 1. The number of methoxy groups -OCH3 is 3. The first-order valence-corrected chi connectivity index (χ1v) is 10.2. The summed E-state index contributed by atoms with van der Waals surface area (Å²) in [5.41, 5.74) is 1.91. The molecule has 1 heterocycles. The van der Waals surface area contributed by atoms with Gasteiger partial charge in [0.1, 0.15) is 0 Å². The number of nitrogens with zero attached hydrogens (tertiary/aromatic N) is 1. The van der Waals surface area contributed by atoms with Gasteiger partial charge in [0.15, 0.2) is 11.5 Å². The van der Waals surface area contributed by atoms with Gasteiger partial charge in [-0.1, -0.05) is 11.6 Å². The molecule has 0 aromatic heterocycles. The summed E-state index contributed by atoms with van der Waals surface area (Å²) in [4.78, 5) is 12.9. The van der Waals surface area contributed by atoms with Crippen molar-refractivity contribution < 1.29 is 19.0 Å². The third kappa shape index (κ3) is 4.42. The van der Waals surface area contributed by atoms with Gasteiger partial charge in [-0.25, -0.2) is 0 Å². The molecule has 0 bridgehead atoms. The van der Waals surface area contributed by atoms with Crippen molar-refractivity contribution in [1.82, 2.24) is 0 Å². The van der Waals surface area contributed by atoms with Crippen molar-refractivity contribution in [2.45, 2.75) is 12.8 Å². The van der Waals surface area contributed by atoms with Gasteiger partial charge in [-0.15, -0.1) is 0 Å². The maximum Gasteiger partial charge on any atom is 0.257 e. The summed E-state index contributed by atoms with van der Waals surface area (Å²) in [6, 6.07) is 8.88. The number of hydrogen-bond donors (Lipinski definition) is 1. The smallest absolute Gasteiger partial charge is 0.257 e. The zero-order chi connectivity index (χ0) is 20.1. The number of anilines is 2. The number of amides is 1. The second-order valence-corrected chi connectivity index (χ2v) is 7.69. The van der Waals surface area contributed by atoms with Crippen LogP contribution in [0, 0.1) is 0 Å². The van der Waals surface area contributed by atoms with E-state index in [-0.39, 0.29) is 5.91 Å². The Hall–Kier alpha value is -2.25. The molecule has 0 aliphatic carbocycles. The Morgan fingerprint density at radius 2 is 1.79 bits per heavy atom. The number of rotatable bonds is 6. The average Bonchev–Trinajstić information content (AvgIpc) is 2.73. The molecule has 8 heteroatoms. The van der Waals surface area contributed by atoms with Gasteiger partial charge in [-0.3, -0.25) is 4.79 Å². The van der Waals surface area contributed by atoms with Crippen LogP contribution in [0.2, 0.25) is 5.02 Å². The highest BCUT2D eigenvalue weighted by molar-refractivity contribution is 8.00. The molecule has 0 atom stereocenters. The van der Waals surface area contributed by atoms with Crippen LogP contribution in [0.4, 0.5) is 11.4 Å². The van der Waals surface area contributed by atoms with Crippen molar-refractivity contribution in [3.05, 3.63) is 40.9 Å². The second-order valence-electron chi connectivity index (χ2n) is 6.17. The van der Waals surface area contributed by atoms with E-state index in [1.54, 1.807) is 30.1 Å². The largest absolute Gasteiger partial charge is 0.493 e. The second kappa shape index (κ2) is 9.30. The molecular weight excluding hydrogens is 400 g/mol. The van der Waals surface area contributed by atoms with E-state index in [4.69, 9.17) is 25.8 Å². The lowest BCUT2D eigenvalue weighted by Crippen LogP contribution is -2.21. The first-order valence-electron chi connectivity index (χ1n) is 8.88. The van der Waals surface area contributed by atoms with Crippen LogP contribution in [0.3, 0.4) is 0 Å². The molecule has 2 aromatic carbocycles. The fourth-order valence-electron chi connectivity index (χ4n) is 2.99. The van der Waals surface area contributed by atoms with E-state index in [0.29, 0.717) is 33.5 Å². The Morgan fingerprint density at radius 3 is 2.36 bits per heavy atom. The fraction of sp³-hybridized carbons (Fsp3) is 0.350. The maximum absolute atomic E-state index is 12.9. The summed E-state index contributed by atoms with van der Waals surface area (Å²) in [7, 11) is 4.58. The summed E-state index contributed by atoms with van der Waals surface area (Å²) >= 11 is 8.08. The number of carbonyl (C=O) groups excluding carboxylic acids is 1. The van der Waals surface area contributed by atoms with Crippen molar-refractivity contribution in [3.8, 4) is 17.2 Å². The lowest BCUT2D eigenvalue weighted by atomic mass is 10.1. The molecule has 1 saturated heterocycles. The van der Waals surface area contributed by atoms with Gasteiger partial charge in [-0.05, 0) is 43.0 Å². The lowest BCUT2D eigenvalue weighted by molar-refractivity contribution is 0.102. The molecular formula is C20H23ClN2O4S. The van der Waals surface area contributed by atoms with E-state index in [0.717, 1.165) is 24.4 Å². The third-order valence-corrected chi connectivity index (χ3v) is 5.91. The van der Waals surface area contributed by atoms with Crippen molar-refractivity contribution in [3.63, 3.8) is 0 Å². The molecule has 3 rings (SSSR count). The van der Waals surface area contributed by atoms with Crippen LogP contribution < -0.4 is 23.8 Å². The molecule has 1 aliphatic heterocycles. The number of hydrogen-bond acceptors (Lipinski definition) is 6. The molecule has 6 nitrogen and oxygen atoms in total. The van der Waals surface area contributed by atoms with Crippen LogP contribution in [-0.2, 0) is 0 Å². The molecule has 0 spiro atoms. The topological polar surface area (TPSA) is 60.0 Å². The van der Waals surface area contributed by atoms with Gasteiger partial charge in [0.2, 0.25) is 5.75 Å². The quantitative estimate of drug-likeness (QED) is 0.670. The molecule has 1 fully saturated rings. The monoisotopic (exact) mass is 422 g/mol. The highest BCUT2D eigenvalue weighted by Gasteiger charge is 2.19. The summed E-state index contributed by atoms with van der Waals surface area (Å²) in [5, 5.41) is 3.26. The summed E-state index contributed by atoms with van der Waals surface area (Å²) in [6.45, 7) is 0.959. The minimum atomic E-state index is -0.303.